The summed E-state index contributed by atoms with van der Waals surface area (Å²) < 4.78 is 5.76. The first-order chi connectivity index (χ1) is 14.5. The molecule has 158 valence electrons. The fourth-order valence-corrected chi connectivity index (χ4v) is 4.07. The minimum Gasteiger partial charge on any atom is -0.372 e. The zero-order valence-electron chi connectivity index (χ0n) is 17.5. The lowest BCUT2D eigenvalue weighted by molar-refractivity contribution is -0.00546. The molecule has 0 radical (unpaired) electrons. The zero-order valence-corrected chi connectivity index (χ0v) is 17.5. The van der Waals surface area contributed by atoms with Gasteiger partial charge in [-0.1, -0.05) is 0 Å². The van der Waals surface area contributed by atoms with Gasteiger partial charge in [0, 0.05) is 43.6 Å². The van der Waals surface area contributed by atoms with Crippen LogP contribution >= 0.6 is 0 Å². The highest BCUT2D eigenvalue weighted by Gasteiger charge is 2.23. The van der Waals surface area contributed by atoms with Gasteiger partial charge < -0.3 is 19.9 Å². The lowest BCUT2D eigenvalue weighted by Gasteiger charge is -2.36. The van der Waals surface area contributed by atoms with Crippen LogP contribution in [0.4, 0.5) is 11.5 Å². The van der Waals surface area contributed by atoms with Gasteiger partial charge in [-0.3, -0.25) is 9.59 Å². The van der Waals surface area contributed by atoms with Gasteiger partial charge in [0.15, 0.2) is 0 Å². The van der Waals surface area contributed by atoms with Crippen molar-refractivity contribution in [2.24, 2.45) is 0 Å². The van der Waals surface area contributed by atoms with Crippen LogP contribution in [0.15, 0.2) is 42.6 Å². The summed E-state index contributed by atoms with van der Waals surface area (Å²) in [6, 6.07) is 10.7. The molecule has 30 heavy (non-hydrogen) atoms. The first-order valence-corrected chi connectivity index (χ1v) is 10.6. The maximum atomic E-state index is 12.6. The lowest BCUT2D eigenvalue weighted by atomic mass is 10.1. The van der Waals surface area contributed by atoms with E-state index in [2.05, 4.69) is 29.0 Å². The van der Waals surface area contributed by atoms with E-state index in [-0.39, 0.29) is 24.0 Å². The fraction of sp³-hybridized carbons (Fsp3) is 0.435. The van der Waals surface area contributed by atoms with Gasteiger partial charge in [-0.05, 0) is 63.1 Å². The van der Waals surface area contributed by atoms with Gasteiger partial charge in [0.25, 0.3) is 11.8 Å². The number of amides is 2. The largest absolute Gasteiger partial charge is 0.372 e. The summed E-state index contributed by atoms with van der Waals surface area (Å²) in [5.74, 6) is 0.673. The molecule has 2 aromatic rings. The van der Waals surface area contributed by atoms with E-state index < -0.39 is 0 Å². The van der Waals surface area contributed by atoms with Gasteiger partial charge in [-0.2, -0.15) is 0 Å². The number of anilines is 2. The van der Waals surface area contributed by atoms with Crippen LogP contribution in [0.5, 0.6) is 0 Å². The number of nitrogens with zero attached hydrogens (tertiary/aromatic N) is 3. The number of likely N-dealkylation sites (tertiary alicyclic amines) is 1. The number of pyridine rings is 1. The molecular formula is C23H28N4O3. The number of rotatable bonds is 4. The summed E-state index contributed by atoms with van der Waals surface area (Å²) in [4.78, 5) is 33.5. The second kappa shape index (κ2) is 8.83. The van der Waals surface area contributed by atoms with E-state index in [9.17, 15) is 9.59 Å². The molecule has 0 bridgehead atoms. The van der Waals surface area contributed by atoms with Crippen molar-refractivity contribution in [3.8, 4) is 0 Å². The molecule has 2 atom stereocenters. The molecule has 1 aromatic carbocycles. The summed E-state index contributed by atoms with van der Waals surface area (Å²) in [6.45, 7) is 7.31. The number of carbonyl (C=O) groups is 2. The third-order valence-electron chi connectivity index (χ3n) is 5.54. The van der Waals surface area contributed by atoms with Crippen LogP contribution in [-0.4, -0.2) is 60.1 Å². The van der Waals surface area contributed by atoms with Crippen molar-refractivity contribution in [3.63, 3.8) is 0 Å². The van der Waals surface area contributed by atoms with Crippen LogP contribution in [0, 0.1) is 0 Å². The monoisotopic (exact) mass is 408 g/mol. The molecule has 1 N–H and O–H groups in total. The zero-order chi connectivity index (χ0) is 21.1. The van der Waals surface area contributed by atoms with Crippen molar-refractivity contribution >= 4 is 23.3 Å². The van der Waals surface area contributed by atoms with Crippen LogP contribution in [0.25, 0.3) is 0 Å². The Labute approximate surface area is 177 Å². The molecule has 7 nitrogen and oxygen atoms in total. The molecule has 2 aliphatic heterocycles. The van der Waals surface area contributed by atoms with Crippen molar-refractivity contribution < 1.29 is 14.3 Å². The number of morpholine rings is 1. The predicted molar refractivity (Wildman–Crippen MR) is 116 cm³/mol. The van der Waals surface area contributed by atoms with E-state index in [4.69, 9.17) is 4.74 Å². The van der Waals surface area contributed by atoms with Gasteiger partial charge in [0.1, 0.15) is 5.82 Å². The highest BCUT2D eigenvalue weighted by molar-refractivity contribution is 6.04. The van der Waals surface area contributed by atoms with E-state index in [1.54, 1.807) is 36.5 Å². The Balaban J connectivity index is 1.37. The number of ether oxygens (including phenoxy) is 1. The molecule has 2 amide bonds. The number of carbonyl (C=O) groups excluding carboxylic acids is 2. The minimum absolute atomic E-state index is 0.0527. The van der Waals surface area contributed by atoms with Gasteiger partial charge in [-0.25, -0.2) is 4.98 Å². The number of aromatic nitrogens is 1. The maximum Gasteiger partial charge on any atom is 0.257 e. The van der Waals surface area contributed by atoms with E-state index in [1.165, 1.54) is 0 Å². The van der Waals surface area contributed by atoms with Crippen LogP contribution in [0.3, 0.4) is 0 Å². The van der Waals surface area contributed by atoms with E-state index in [0.29, 0.717) is 16.8 Å². The molecule has 0 unspecified atom stereocenters. The summed E-state index contributed by atoms with van der Waals surface area (Å²) >= 11 is 0. The highest BCUT2D eigenvalue weighted by atomic mass is 16.5. The van der Waals surface area contributed by atoms with Gasteiger partial charge in [0.05, 0.1) is 17.8 Å². The molecule has 7 heteroatoms. The molecule has 0 saturated carbocycles. The van der Waals surface area contributed by atoms with Crippen molar-refractivity contribution in [3.05, 3.63) is 53.7 Å². The smallest absolute Gasteiger partial charge is 0.257 e. The van der Waals surface area contributed by atoms with Crippen LogP contribution in [0.1, 0.15) is 47.4 Å². The summed E-state index contributed by atoms with van der Waals surface area (Å²) in [5, 5.41) is 2.87. The Hall–Kier alpha value is -2.93. The number of hydrogen-bond donors (Lipinski definition) is 1. The quantitative estimate of drug-likeness (QED) is 0.841. The fourth-order valence-electron chi connectivity index (χ4n) is 4.07. The highest BCUT2D eigenvalue weighted by Crippen LogP contribution is 2.19. The average Bonchev–Trinajstić information content (AvgIpc) is 3.28. The first-order valence-electron chi connectivity index (χ1n) is 10.6. The third-order valence-corrected chi connectivity index (χ3v) is 5.54. The minimum atomic E-state index is -0.226. The number of nitrogens with one attached hydrogen (secondary N) is 1. The first kappa shape index (κ1) is 20.3. The molecule has 2 aliphatic rings. The predicted octanol–water partition coefficient (Wildman–Crippen LogP) is 3.18. The Kier molecular flexibility index (Phi) is 5.99. The molecule has 0 aliphatic carbocycles. The third kappa shape index (κ3) is 4.62. The summed E-state index contributed by atoms with van der Waals surface area (Å²) in [7, 11) is 0. The van der Waals surface area contributed by atoms with E-state index in [1.807, 2.05) is 11.0 Å². The lowest BCUT2D eigenvalue weighted by Crippen LogP contribution is -2.45. The summed E-state index contributed by atoms with van der Waals surface area (Å²) in [5.41, 5.74) is 1.79. The van der Waals surface area contributed by atoms with Gasteiger partial charge in [0.2, 0.25) is 0 Å². The molecule has 4 rings (SSSR count). The van der Waals surface area contributed by atoms with Crippen molar-refractivity contribution in [2.75, 3.05) is 36.4 Å². The Bertz CT molecular complexity index is 882. The second-order valence-corrected chi connectivity index (χ2v) is 8.10. The molecular weight excluding hydrogens is 380 g/mol. The second-order valence-electron chi connectivity index (χ2n) is 8.10. The van der Waals surface area contributed by atoms with Gasteiger partial charge >= 0.3 is 0 Å². The Morgan fingerprint density at radius 3 is 2.20 bits per heavy atom. The van der Waals surface area contributed by atoms with Crippen LogP contribution in [0.2, 0.25) is 0 Å². The van der Waals surface area contributed by atoms with Crippen LogP contribution in [-0.2, 0) is 4.74 Å². The molecule has 0 spiro atoms. The summed E-state index contributed by atoms with van der Waals surface area (Å²) in [6.07, 6.45) is 4.03. The Morgan fingerprint density at radius 2 is 1.60 bits per heavy atom. The standard InChI is InChI=1S/C23H28N4O3/c1-16-14-27(15-17(2)30-16)21-10-7-19(13-24-21)22(28)25-20-8-5-18(6-9-20)23(29)26-11-3-4-12-26/h5-10,13,16-17H,3-4,11-12,14-15H2,1-2H3,(H,25,28)/t16-,17+. The normalized spacial score (nSPS) is 21.5. The SMILES string of the molecule is C[C@@H]1CN(c2ccc(C(=O)Nc3ccc(C(=O)N4CCCC4)cc3)cn2)C[C@H](C)O1. The maximum absolute atomic E-state index is 12.6. The molecule has 3 heterocycles. The van der Waals surface area contributed by atoms with Crippen molar-refractivity contribution in [1.29, 1.82) is 0 Å². The van der Waals surface area contributed by atoms with Crippen LogP contribution < -0.4 is 10.2 Å². The van der Waals surface area contributed by atoms with Gasteiger partial charge in [-0.15, -0.1) is 0 Å². The van der Waals surface area contributed by atoms with Crippen molar-refractivity contribution in [2.45, 2.75) is 38.9 Å². The van der Waals surface area contributed by atoms with Crippen molar-refractivity contribution in [1.82, 2.24) is 9.88 Å². The molecule has 2 saturated heterocycles. The average molecular weight is 409 g/mol. The molecule has 2 fully saturated rings. The van der Waals surface area contributed by atoms with E-state index in [0.717, 1.165) is 44.8 Å². The number of hydrogen-bond acceptors (Lipinski definition) is 5. The number of benzene rings is 1. The molecule has 1 aromatic heterocycles. The van der Waals surface area contributed by atoms with E-state index >= 15 is 0 Å². The topological polar surface area (TPSA) is 74.8 Å². The Morgan fingerprint density at radius 1 is 0.967 bits per heavy atom.